The molecule has 1 aromatic carbocycles. The number of carbonyl (C=O) groups excluding carboxylic acids is 1. The average molecular weight is 319 g/mol. The number of primary amides is 1. The zero-order valence-electron chi connectivity index (χ0n) is 13.1. The Morgan fingerprint density at radius 2 is 2.04 bits per heavy atom. The predicted octanol–water partition coefficient (Wildman–Crippen LogP) is 2.00. The number of hydrogen-bond donors (Lipinski definition) is 1. The van der Waals surface area contributed by atoms with Gasteiger partial charge in [-0.15, -0.1) is 0 Å². The van der Waals surface area contributed by atoms with E-state index in [4.69, 9.17) is 10.7 Å². The molecule has 1 saturated heterocycles. The number of para-hydroxylation sites is 1. The van der Waals surface area contributed by atoms with Gasteiger partial charge in [-0.05, 0) is 30.7 Å². The summed E-state index contributed by atoms with van der Waals surface area (Å²) in [7, 11) is 0. The quantitative estimate of drug-likeness (QED) is 0.798. The lowest BCUT2D eigenvalue weighted by molar-refractivity contribution is -0.121. The highest BCUT2D eigenvalue weighted by Gasteiger charge is 2.28. The van der Waals surface area contributed by atoms with Crippen molar-refractivity contribution in [1.29, 1.82) is 0 Å². The fourth-order valence-corrected chi connectivity index (χ4v) is 3.11. The molecule has 1 unspecified atom stereocenters. The summed E-state index contributed by atoms with van der Waals surface area (Å²) in [5.41, 5.74) is 7.21. The number of rotatable bonds is 3. The Labute approximate surface area is 139 Å². The number of benzene rings is 1. The van der Waals surface area contributed by atoms with E-state index in [0.29, 0.717) is 12.4 Å². The Kier molecular flexibility index (Phi) is 3.57. The molecule has 120 valence electrons. The Bertz CT molecular complexity index is 896. The minimum absolute atomic E-state index is 0.124. The van der Waals surface area contributed by atoms with Crippen LogP contribution >= 0.6 is 0 Å². The molecule has 24 heavy (non-hydrogen) atoms. The molecule has 2 N–H and O–H groups in total. The average Bonchev–Trinajstić information content (AvgIpc) is 3.12. The number of nitrogens with two attached hydrogens (primary N) is 1. The third-order valence-corrected chi connectivity index (χ3v) is 4.39. The van der Waals surface area contributed by atoms with E-state index in [-0.39, 0.29) is 11.8 Å². The van der Waals surface area contributed by atoms with Gasteiger partial charge in [0.25, 0.3) is 0 Å². The first kappa shape index (κ1) is 14.6. The number of hydrogen-bond acceptors (Lipinski definition) is 5. The van der Waals surface area contributed by atoms with Gasteiger partial charge in [-0.2, -0.15) is 0 Å². The van der Waals surface area contributed by atoms with Gasteiger partial charge in [0.1, 0.15) is 5.82 Å². The van der Waals surface area contributed by atoms with Gasteiger partial charge in [-0.3, -0.25) is 9.78 Å². The summed E-state index contributed by atoms with van der Waals surface area (Å²) >= 11 is 0. The van der Waals surface area contributed by atoms with Crippen LogP contribution in [-0.4, -0.2) is 33.9 Å². The second-order valence-electron chi connectivity index (χ2n) is 5.96. The van der Waals surface area contributed by atoms with E-state index in [2.05, 4.69) is 14.9 Å². The van der Waals surface area contributed by atoms with Crippen LogP contribution in [0.3, 0.4) is 0 Å². The molecule has 0 bridgehead atoms. The Hall–Kier alpha value is -3.02. The van der Waals surface area contributed by atoms with Crippen LogP contribution in [0.4, 0.5) is 5.82 Å². The minimum Gasteiger partial charge on any atom is -0.369 e. The van der Waals surface area contributed by atoms with Gasteiger partial charge in [0, 0.05) is 36.4 Å². The van der Waals surface area contributed by atoms with Crippen molar-refractivity contribution >= 4 is 22.6 Å². The molecule has 1 fully saturated rings. The highest BCUT2D eigenvalue weighted by molar-refractivity contribution is 5.91. The molecular weight excluding hydrogens is 302 g/mol. The van der Waals surface area contributed by atoms with Crippen molar-refractivity contribution in [2.45, 2.75) is 6.42 Å². The van der Waals surface area contributed by atoms with Crippen molar-refractivity contribution in [2.24, 2.45) is 11.7 Å². The largest absolute Gasteiger partial charge is 0.369 e. The zero-order valence-corrected chi connectivity index (χ0v) is 13.1. The van der Waals surface area contributed by atoms with Gasteiger partial charge in [0.05, 0.1) is 11.4 Å². The summed E-state index contributed by atoms with van der Waals surface area (Å²) in [6.07, 6.45) is 4.24. The van der Waals surface area contributed by atoms with Crippen LogP contribution in [0, 0.1) is 5.92 Å². The van der Waals surface area contributed by atoms with E-state index in [0.717, 1.165) is 35.2 Å². The van der Waals surface area contributed by atoms with E-state index in [1.54, 1.807) is 12.4 Å². The second kappa shape index (κ2) is 5.88. The molecule has 6 nitrogen and oxygen atoms in total. The Morgan fingerprint density at radius 3 is 2.79 bits per heavy atom. The number of amides is 1. The molecule has 1 aliphatic heterocycles. The lowest BCUT2D eigenvalue weighted by Crippen LogP contribution is -2.28. The van der Waals surface area contributed by atoms with Crippen molar-refractivity contribution in [3.05, 3.63) is 48.8 Å². The number of anilines is 1. The van der Waals surface area contributed by atoms with Crippen LogP contribution in [0.5, 0.6) is 0 Å². The fourth-order valence-electron chi connectivity index (χ4n) is 3.11. The zero-order chi connectivity index (χ0) is 16.5. The molecule has 0 spiro atoms. The maximum Gasteiger partial charge on any atom is 0.222 e. The van der Waals surface area contributed by atoms with Crippen LogP contribution in [0.25, 0.3) is 22.3 Å². The van der Waals surface area contributed by atoms with Crippen LogP contribution in [0.1, 0.15) is 6.42 Å². The number of pyridine rings is 1. The molecule has 3 aromatic rings. The van der Waals surface area contributed by atoms with Gasteiger partial charge in [0.2, 0.25) is 5.91 Å². The van der Waals surface area contributed by atoms with E-state index < -0.39 is 0 Å². The van der Waals surface area contributed by atoms with Gasteiger partial charge >= 0.3 is 0 Å². The van der Waals surface area contributed by atoms with E-state index in [9.17, 15) is 4.79 Å². The van der Waals surface area contributed by atoms with Crippen LogP contribution in [0.15, 0.2) is 48.8 Å². The highest BCUT2D eigenvalue weighted by Crippen LogP contribution is 2.30. The van der Waals surface area contributed by atoms with Gasteiger partial charge < -0.3 is 10.6 Å². The first-order valence-corrected chi connectivity index (χ1v) is 7.94. The van der Waals surface area contributed by atoms with E-state index >= 15 is 0 Å². The van der Waals surface area contributed by atoms with Gasteiger partial charge in [0.15, 0.2) is 5.82 Å². The van der Waals surface area contributed by atoms with Crippen molar-refractivity contribution in [1.82, 2.24) is 15.0 Å². The number of fused-ring (bicyclic) bond motifs is 1. The third kappa shape index (κ3) is 2.56. The molecule has 2 aromatic heterocycles. The maximum absolute atomic E-state index is 11.5. The number of aromatic nitrogens is 3. The summed E-state index contributed by atoms with van der Waals surface area (Å²) in [5, 5.41) is 0.982. The van der Waals surface area contributed by atoms with Crippen LogP contribution < -0.4 is 10.6 Å². The molecular formula is C18H17N5O. The summed E-state index contributed by atoms with van der Waals surface area (Å²) < 4.78 is 0. The standard InChI is InChI=1S/C18H17N5O/c19-16(24)13-7-9-23(11-13)18-14-5-1-2-6-15(14)21-17(22-18)12-4-3-8-20-10-12/h1-6,8,10,13H,7,9,11H2,(H2,19,24). The molecule has 0 saturated carbocycles. The first-order valence-electron chi connectivity index (χ1n) is 7.94. The third-order valence-electron chi connectivity index (χ3n) is 4.39. The Morgan fingerprint density at radius 1 is 1.17 bits per heavy atom. The SMILES string of the molecule is NC(=O)C1CCN(c2nc(-c3cccnc3)nc3ccccc23)C1. The lowest BCUT2D eigenvalue weighted by Gasteiger charge is -2.19. The molecule has 3 heterocycles. The van der Waals surface area contributed by atoms with Crippen molar-refractivity contribution in [3.8, 4) is 11.4 Å². The predicted molar refractivity (Wildman–Crippen MR) is 92.3 cm³/mol. The van der Waals surface area contributed by atoms with E-state index in [1.165, 1.54) is 0 Å². The monoisotopic (exact) mass is 319 g/mol. The highest BCUT2D eigenvalue weighted by atomic mass is 16.1. The van der Waals surface area contributed by atoms with Crippen LogP contribution in [0.2, 0.25) is 0 Å². The van der Waals surface area contributed by atoms with Crippen LogP contribution in [-0.2, 0) is 4.79 Å². The first-order chi connectivity index (χ1) is 11.7. The topological polar surface area (TPSA) is 85.0 Å². The fraction of sp³-hybridized carbons (Fsp3) is 0.222. The maximum atomic E-state index is 11.5. The molecule has 0 aliphatic carbocycles. The smallest absolute Gasteiger partial charge is 0.222 e. The summed E-state index contributed by atoms with van der Waals surface area (Å²) in [5.74, 6) is 1.12. The lowest BCUT2D eigenvalue weighted by atomic mass is 10.1. The summed E-state index contributed by atoms with van der Waals surface area (Å²) in [6.45, 7) is 1.36. The second-order valence-corrected chi connectivity index (χ2v) is 5.96. The summed E-state index contributed by atoms with van der Waals surface area (Å²) in [6, 6.07) is 11.7. The summed E-state index contributed by atoms with van der Waals surface area (Å²) in [4.78, 5) is 27.2. The van der Waals surface area contributed by atoms with E-state index in [1.807, 2.05) is 36.4 Å². The molecule has 1 atom stereocenters. The van der Waals surface area contributed by atoms with Gasteiger partial charge in [-0.25, -0.2) is 9.97 Å². The molecule has 6 heteroatoms. The minimum atomic E-state index is -0.247. The number of carbonyl (C=O) groups is 1. The molecule has 0 radical (unpaired) electrons. The van der Waals surface area contributed by atoms with Crippen molar-refractivity contribution < 1.29 is 4.79 Å². The molecule has 1 aliphatic rings. The normalized spacial score (nSPS) is 17.3. The Balaban J connectivity index is 1.83. The van der Waals surface area contributed by atoms with Crippen molar-refractivity contribution in [2.75, 3.05) is 18.0 Å². The van der Waals surface area contributed by atoms with Crippen molar-refractivity contribution in [3.63, 3.8) is 0 Å². The molecule has 1 amide bonds. The number of nitrogens with zero attached hydrogens (tertiary/aromatic N) is 4. The molecule has 4 rings (SSSR count). The van der Waals surface area contributed by atoms with Gasteiger partial charge in [-0.1, -0.05) is 12.1 Å².